The fraction of sp³-hybridized carbons (Fsp3) is 0.800. The van der Waals surface area contributed by atoms with Gasteiger partial charge in [0.2, 0.25) is 0 Å². The molecular formula is C5H9IO. The first kappa shape index (κ1) is 7.40. The lowest BCUT2D eigenvalue weighted by Gasteiger charge is -1.94. The van der Waals surface area contributed by atoms with Crippen molar-refractivity contribution >= 4 is 28.4 Å². The summed E-state index contributed by atoms with van der Waals surface area (Å²) in [5.74, 6) is 0.334. The quantitative estimate of drug-likeness (QED) is 0.503. The molecular weight excluding hydrogens is 203 g/mol. The Morgan fingerprint density at radius 2 is 2.29 bits per heavy atom. The van der Waals surface area contributed by atoms with Crippen LogP contribution in [0.3, 0.4) is 0 Å². The minimum atomic E-state index is 0.197. The third-order valence-electron chi connectivity index (χ3n) is 0.792. The average molecular weight is 212 g/mol. The molecule has 0 fully saturated rings. The number of hydrogen-bond donors (Lipinski definition) is 0. The van der Waals surface area contributed by atoms with E-state index in [4.69, 9.17) is 0 Å². The summed E-state index contributed by atoms with van der Waals surface area (Å²) < 4.78 is 0.197. The van der Waals surface area contributed by atoms with E-state index in [9.17, 15) is 4.79 Å². The Morgan fingerprint density at radius 1 is 1.86 bits per heavy atom. The average Bonchev–Trinajstić information content (AvgIpc) is 1.65. The van der Waals surface area contributed by atoms with Crippen molar-refractivity contribution in [1.82, 2.24) is 0 Å². The molecule has 0 heterocycles. The van der Waals surface area contributed by atoms with Crippen LogP contribution in [0.25, 0.3) is 0 Å². The summed E-state index contributed by atoms with van der Waals surface area (Å²) in [7, 11) is 0. The molecule has 0 spiro atoms. The van der Waals surface area contributed by atoms with E-state index in [2.05, 4.69) is 22.6 Å². The van der Waals surface area contributed by atoms with Gasteiger partial charge in [0.1, 0.15) is 5.78 Å². The van der Waals surface area contributed by atoms with Gasteiger partial charge in [-0.25, -0.2) is 0 Å². The maximum absolute atomic E-state index is 10.5. The van der Waals surface area contributed by atoms with Gasteiger partial charge in [0.15, 0.2) is 0 Å². The zero-order valence-corrected chi connectivity index (χ0v) is 6.73. The van der Waals surface area contributed by atoms with E-state index in [-0.39, 0.29) is 3.92 Å². The molecule has 0 aliphatic heterocycles. The maximum atomic E-state index is 10.5. The van der Waals surface area contributed by atoms with Crippen molar-refractivity contribution in [1.29, 1.82) is 0 Å². The van der Waals surface area contributed by atoms with Gasteiger partial charge < -0.3 is 0 Å². The monoisotopic (exact) mass is 212 g/mol. The summed E-state index contributed by atoms with van der Waals surface area (Å²) >= 11 is 2.12. The second-order valence-corrected chi connectivity index (χ2v) is 3.30. The molecule has 0 radical (unpaired) electrons. The topological polar surface area (TPSA) is 17.1 Å². The second kappa shape index (κ2) is 3.41. The van der Waals surface area contributed by atoms with Gasteiger partial charge in [-0.05, 0) is 6.92 Å². The fourth-order valence-corrected chi connectivity index (χ4v) is 0.722. The van der Waals surface area contributed by atoms with E-state index in [0.29, 0.717) is 12.2 Å². The summed E-state index contributed by atoms with van der Waals surface area (Å²) in [6.45, 7) is 3.80. The predicted octanol–water partition coefficient (Wildman–Crippen LogP) is 1.79. The molecule has 7 heavy (non-hydrogen) atoms. The number of rotatable bonds is 2. The lowest BCUT2D eigenvalue weighted by atomic mass is 10.2. The highest BCUT2D eigenvalue weighted by Crippen LogP contribution is 2.01. The van der Waals surface area contributed by atoms with Crippen LogP contribution in [0.1, 0.15) is 20.3 Å². The van der Waals surface area contributed by atoms with Gasteiger partial charge in [-0.2, -0.15) is 0 Å². The lowest BCUT2D eigenvalue weighted by Crippen LogP contribution is -2.06. The third-order valence-corrected chi connectivity index (χ3v) is 1.49. The second-order valence-electron chi connectivity index (χ2n) is 1.44. The van der Waals surface area contributed by atoms with Crippen molar-refractivity contribution in [3.63, 3.8) is 0 Å². The van der Waals surface area contributed by atoms with Crippen molar-refractivity contribution < 1.29 is 4.79 Å². The van der Waals surface area contributed by atoms with E-state index in [1.807, 2.05) is 13.8 Å². The van der Waals surface area contributed by atoms with Crippen LogP contribution >= 0.6 is 22.6 Å². The first-order valence-corrected chi connectivity index (χ1v) is 3.59. The maximum Gasteiger partial charge on any atom is 0.145 e. The first-order chi connectivity index (χ1) is 3.18. The van der Waals surface area contributed by atoms with Crippen LogP contribution in [0.15, 0.2) is 0 Å². The van der Waals surface area contributed by atoms with Crippen LogP contribution in [0.2, 0.25) is 0 Å². The highest BCUT2D eigenvalue weighted by atomic mass is 127. The molecule has 0 aliphatic carbocycles. The number of hydrogen-bond acceptors (Lipinski definition) is 1. The Morgan fingerprint density at radius 3 is 2.29 bits per heavy atom. The predicted molar refractivity (Wildman–Crippen MR) is 38.8 cm³/mol. The van der Waals surface area contributed by atoms with Crippen LogP contribution in [0.4, 0.5) is 0 Å². The van der Waals surface area contributed by atoms with Crippen molar-refractivity contribution in [2.45, 2.75) is 24.2 Å². The Kier molecular flexibility index (Phi) is 3.60. The van der Waals surface area contributed by atoms with E-state index in [1.54, 1.807) is 0 Å². The van der Waals surface area contributed by atoms with E-state index in [1.165, 1.54) is 0 Å². The summed E-state index contributed by atoms with van der Waals surface area (Å²) in [5.41, 5.74) is 0. The molecule has 0 N–H and O–H groups in total. The molecule has 0 saturated heterocycles. The van der Waals surface area contributed by atoms with Crippen LogP contribution in [-0.4, -0.2) is 9.71 Å². The van der Waals surface area contributed by atoms with E-state index >= 15 is 0 Å². The zero-order valence-electron chi connectivity index (χ0n) is 4.57. The molecule has 1 nitrogen and oxygen atoms in total. The summed E-state index contributed by atoms with van der Waals surface area (Å²) in [4.78, 5) is 10.5. The van der Waals surface area contributed by atoms with Gasteiger partial charge >= 0.3 is 0 Å². The number of carbonyl (C=O) groups is 1. The van der Waals surface area contributed by atoms with Gasteiger partial charge in [-0.3, -0.25) is 4.79 Å². The Hall–Kier alpha value is 0.400. The molecule has 0 aliphatic rings. The minimum Gasteiger partial charge on any atom is -0.299 e. The van der Waals surface area contributed by atoms with Crippen LogP contribution in [0, 0.1) is 0 Å². The highest BCUT2D eigenvalue weighted by Gasteiger charge is 2.02. The standard InChI is InChI=1S/C5H9IO/c1-3-5(7)4(2)6/h4H,3H2,1-2H3. The summed E-state index contributed by atoms with van der Waals surface area (Å²) in [5, 5.41) is 0. The number of alkyl halides is 1. The summed E-state index contributed by atoms with van der Waals surface area (Å²) in [6.07, 6.45) is 0.671. The normalized spacial score (nSPS) is 13.6. The van der Waals surface area contributed by atoms with Crippen LogP contribution < -0.4 is 0 Å². The van der Waals surface area contributed by atoms with Crippen LogP contribution in [0.5, 0.6) is 0 Å². The van der Waals surface area contributed by atoms with Gasteiger partial charge in [-0.15, -0.1) is 0 Å². The highest BCUT2D eigenvalue weighted by molar-refractivity contribution is 14.1. The Balaban J connectivity index is 3.35. The van der Waals surface area contributed by atoms with Gasteiger partial charge in [0.05, 0.1) is 3.92 Å². The smallest absolute Gasteiger partial charge is 0.145 e. The molecule has 1 atom stereocenters. The Bertz CT molecular complexity index is 68.5. The van der Waals surface area contributed by atoms with E-state index in [0.717, 1.165) is 0 Å². The van der Waals surface area contributed by atoms with Gasteiger partial charge in [0, 0.05) is 6.42 Å². The number of carbonyl (C=O) groups excluding carboxylic acids is 1. The molecule has 42 valence electrons. The first-order valence-electron chi connectivity index (χ1n) is 2.35. The lowest BCUT2D eigenvalue weighted by molar-refractivity contribution is -0.117. The van der Waals surface area contributed by atoms with Gasteiger partial charge in [0.25, 0.3) is 0 Å². The molecule has 0 bridgehead atoms. The molecule has 0 saturated carbocycles. The van der Waals surface area contributed by atoms with Gasteiger partial charge in [-0.1, -0.05) is 29.5 Å². The largest absolute Gasteiger partial charge is 0.299 e. The zero-order chi connectivity index (χ0) is 5.86. The number of Topliss-reactive ketones (excluding diaryl/α,β-unsaturated/α-hetero) is 1. The number of ketones is 1. The molecule has 1 unspecified atom stereocenters. The fourth-order valence-electron chi connectivity index (χ4n) is 0.281. The minimum absolute atomic E-state index is 0.197. The molecule has 0 aromatic carbocycles. The SMILES string of the molecule is CCC(=O)C(C)I. The van der Waals surface area contributed by atoms with Crippen molar-refractivity contribution in [2.24, 2.45) is 0 Å². The molecule has 0 amide bonds. The van der Waals surface area contributed by atoms with Crippen molar-refractivity contribution in [3.05, 3.63) is 0 Å². The van der Waals surface area contributed by atoms with Crippen LogP contribution in [-0.2, 0) is 4.79 Å². The summed E-state index contributed by atoms with van der Waals surface area (Å²) in [6, 6.07) is 0. The van der Waals surface area contributed by atoms with Crippen molar-refractivity contribution in [2.75, 3.05) is 0 Å². The number of halogens is 1. The molecule has 2 heteroatoms. The molecule has 0 rings (SSSR count). The molecule has 0 aromatic heterocycles. The molecule has 0 aromatic rings. The van der Waals surface area contributed by atoms with Crippen molar-refractivity contribution in [3.8, 4) is 0 Å². The third kappa shape index (κ3) is 3.02. The van der Waals surface area contributed by atoms with E-state index < -0.39 is 0 Å². The Labute approximate surface area is 57.6 Å².